The fraction of sp³-hybridized carbons (Fsp3) is 0.100. The van der Waals surface area contributed by atoms with Gasteiger partial charge in [0.25, 0.3) is 0 Å². The smallest absolute Gasteiger partial charge is 0.0701 e. The third kappa shape index (κ3) is 3.12. The van der Waals surface area contributed by atoms with Gasteiger partial charge in [0.05, 0.1) is 21.2 Å². The van der Waals surface area contributed by atoms with Crippen LogP contribution in [0, 0.1) is 0 Å². The van der Waals surface area contributed by atoms with Crippen LogP contribution in [0.4, 0.5) is 5.69 Å². The number of anilines is 1. The van der Waals surface area contributed by atoms with E-state index in [1.54, 1.807) is 0 Å². The lowest BCUT2D eigenvalue weighted by molar-refractivity contribution is 1.03. The first-order chi connectivity index (χ1) is 12.6. The molecule has 132 valence electrons. The van der Waals surface area contributed by atoms with E-state index in [0.717, 1.165) is 38.6 Å². The predicted molar refractivity (Wildman–Crippen MR) is 114 cm³/mol. The summed E-state index contributed by atoms with van der Waals surface area (Å²) in [5, 5.41) is 7.34. The van der Waals surface area contributed by atoms with Crippen molar-refractivity contribution >= 4 is 62.3 Å². The number of nitrogens with one attached hydrogen (secondary N) is 2. The third-order valence-electron chi connectivity index (χ3n) is 4.38. The summed E-state index contributed by atoms with van der Waals surface area (Å²) in [5.74, 6) is 0. The molecule has 0 amide bonds. The molecule has 4 rings (SSSR count). The van der Waals surface area contributed by atoms with E-state index in [4.69, 9.17) is 40.5 Å². The van der Waals surface area contributed by atoms with Gasteiger partial charge in [-0.2, -0.15) is 0 Å². The minimum Gasteiger partial charge on any atom is -0.382 e. The molecule has 0 bridgehead atoms. The lowest BCUT2D eigenvalue weighted by Gasteiger charge is -2.11. The number of fused-ring (bicyclic) bond motifs is 3. The average molecular weight is 405 g/mol. The second-order valence-corrected chi connectivity index (χ2v) is 7.36. The molecule has 1 aromatic heterocycles. The van der Waals surface area contributed by atoms with E-state index >= 15 is 0 Å². The van der Waals surface area contributed by atoms with E-state index in [-0.39, 0.29) is 0 Å². The number of benzene rings is 3. The Bertz CT molecular complexity index is 1120. The van der Waals surface area contributed by atoms with Crippen LogP contribution in [0.25, 0.3) is 32.9 Å². The number of nitrogens with two attached hydrogens (primary N) is 1. The summed E-state index contributed by atoms with van der Waals surface area (Å²) >= 11 is 18.5. The number of hydrogen-bond acceptors (Lipinski definition) is 2. The second-order valence-electron chi connectivity index (χ2n) is 6.11. The van der Waals surface area contributed by atoms with E-state index in [1.807, 2.05) is 36.4 Å². The number of hydrogen-bond donors (Lipinski definition) is 3. The maximum absolute atomic E-state index is 6.22. The summed E-state index contributed by atoms with van der Waals surface area (Å²) in [6, 6.07) is 15.7. The number of aromatic amines is 1. The van der Waals surface area contributed by atoms with Crippen LogP contribution in [0.1, 0.15) is 0 Å². The summed E-state index contributed by atoms with van der Waals surface area (Å²) in [4.78, 5) is 3.47. The van der Waals surface area contributed by atoms with Gasteiger partial charge in [0.15, 0.2) is 0 Å². The minimum absolute atomic E-state index is 0.530. The maximum Gasteiger partial charge on any atom is 0.0701 e. The molecule has 3 nitrogen and oxygen atoms in total. The molecule has 6 heteroatoms. The third-order valence-corrected chi connectivity index (χ3v) is 5.36. The predicted octanol–water partition coefficient (Wildman–Crippen LogP) is 6.32. The van der Waals surface area contributed by atoms with Crippen molar-refractivity contribution in [3.8, 4) is 11.1 Å². The van der Waals surface area contributed by atoms with E-state index in [2.05, 4.69) is 22.4 Å². The quantitative estimate of drug-likeness (QED) is 0.373. The van der Waals surface area contributed by atoms with Gasteiger partial charge in [0.2, 0.25) is 0 Å². The topological polar surface area (TPSA) is 53.8 Å². The summed E-state index contributed by atoms with van der Waals surface area (Å²) in [6.45, 7) is 1.22. The van der Waals surface area contributed by atoms with Gasteiger partial charge in [0, 0.05) is 34.4 Å². The van der Waals surface area contributed by atoms with Gasteiger partial charge in [-0.3, -0.25) is 0 Å². The molecule has 0 atom stereocenters. The zero-order chi connectivity index (χ0) is 18.3. The fourth-order valence-electron chi connectivity index (χ4n) is 3.16. The summed E-state index contributed by atoms with van der Waals surface area (Å²) in [7, 11) is 0. The van der Waals surface area contributed by atoms with Crippen molar-refractivity contribution < 1.29 is 0 Å². The van der Waals surface area contributed by atoms with E-state index in [0.29, 0.717) is 28.2 Å². The second kappa shape index (κ2) is 7.01. The molecule has 0 radical (unpaired) electrons. The zero-order valence-electron chi connectivity index (χ0n) is 13.7. The first-order valence-corrected chi connectivity index (χ1v) is 9.34. The molecule has 0 aliphatic rings. The molecule has 0 saturated heterocycles. The van der Waals surface area contributed by atoms with Gasteiger partial charge >= 0.3 is 0 Å². The first kappa shape index (κ1) is 17.5. The van der Waals surface area contributed by atoms with Crippen LogP contribution in [-0.4, -0.2) is 18.1 Å². The highest BCUT2D eigenvalue weighted by atomic mass is 35.5. The highest BCUT2D eigenvalue weighted by molar-refractivity contribution is 6.42. The van der Waals surface area contributed by atoms with Crippen LogP contribution in [0.3, 0.4) is 0 Å². The monoisotopic (exact) mass is 403 g/mol. The Kier molecular flexibility index (Phi) is 4.72. The lowest BCUT2D eigenvalue weighted by Crippen LogP contribution is -2.13. The highest BCUT2D eigenvalue weighted by Crippen LogP contribution is 2.37. The number of halogens is 3. The zero-order valence-corrected chi connectivity index (χ0v) is 16.0. The van der Waals surface area contributed by atoms with E-state index in [9.17, 15) is 0 Å². The molecular formula is C20H16Cl3N3. The van der Waals surface area contributed by atoms with Gasteiger partial charge in [-0.1, -0.05) is 40.9 Å². The van der Waals surface area contributed by atoms with Gasteiger partial charge in [-0.05, 0) is 53.6 Å². The molecule has 26 heavy (non-hydrogen) atoms. The largest absolute Gasteiger partial charge is 0.382 e. The molecule has 0 saturated carbocycles. The van der Waals surface area contributed by atoms with Crippen LogP contribution < -0.4 is 11.1 Å². The number of rotatable bonds is 4. The number of H-pyrrole nitrogens is 1. The molecule has 0 aliphatic heterocycles. The molecule has 0 fully saturated rings. The van der Waals surface area contributed by atoms with Gasteiger partial charge in [0.1, 0.15) is 0 Å². The van der Waals surface area contributed by atoms with Crippen molar-refractivity contribution in [3.63, 3.8) is 0 Å². The molecule has 4 N–H and O–H groups in total. The highest BCUT2D eigenvalue weighted by Gasteiger charge is 2.12. The van der Waals surface area contributed by atoms with Crippen LogP contribution in [-0.2, 0) is 0 Å². The standard InChI is InChI=1S/C20H16Cl3N3/c21-13-2-4-18-14(10-13)15-7-12(11-1-3-16(22)17(23)8-11)9-19(20(15)26-18)25-6-5-24/h1-4,7-10,25-26H,5-6,24H2. The summed E-state index contributed by atoms with van der Waals surface area (Å²) in [6.07, 6.45) is 0. The number of aromatic nitrogens is 1. The molecule has 1 heterocycles. The summed E-state index contributed by atoms with van der Waals surface area (Å²) in [5.41, 5.74) is 10.8. The van der Waals surface area contributed by atoms with Gasteiger partial charge in [-0.15, -0.1) is 0 Å². The molecule has 0 unspecified atom stereocenters. The van der Waals surface area contributed by atoms with E-state index in [1.165, 1.54) is 0 Å². The molecule has 3 aromatic carbocycles. The fourth-order valence-corrected chi connectivity index (χ4v) is 3.63. The van der Waals surface area contributed by atoms with Crippen molar-refractivity contribution in [1.29, 1.82) is 0 Å². The van der Waals surface area contributed by atoms with Gasteiger partial charge < -0.3 is 16.0 Å². The Hall–Kier alpha value is -1.91. The molecule has 0 aliphatic carbocycles. The lowest BCUT2D eigenvalue weighted by atomic mass is 10.0. The molecule has 4 aromatic rings. The molecular weight excluding hydrogens is 389 g/mol. The van der Waals surface area contributed by atoms with Crippen LogP contribution in [0.2, 0.25) is 15.1 Å². The average Bonchev–Trinajstić information content (AvgIpc) is 3.00. The molecule has 0 spiro atoms. The summed E-state index contributed by atoms with van der Waals surface area (Å²) < 4.78 is 0. The van der Waals surface area contributed by atoms with Crippen LogP contribution in [0.15, 0.2) is 48.5 Å². The van der Waals surface area contributed by atoms with Crippen molar-refractivity contribution in [2.24, 2.45) is 5.73 Å². The Labute approximate surface area is 166 Å². The Morgan fingerprint density at radius 2 is 1.69 bits per heavy atom. The minimum atomic E-state index is 0.530. The normalized spacial score (nSPS) is 11.4. The first-order valence-electron chi connectivity index (χ1n) is 8.21. The van der Waals surface area contributed by atoms with Crippen molar-refractivity contribution in [2.75, 3.05) is 18.4 Å². The Morgan fingerprint density at radius 3 is 2.46 bits per heavy atom. The Morgan fingerprint density at radius 1 is 0.846 bits per heavy atom. The van der Waals surface area contributed by atoms with Gasteiger partial charge in [-0.25, -0.2) is 0 Å². The SMILES string of the molecule is NCCNc1cc(-c2ccc(Cl)c(Cl)c2)cc2c1[nH]c1ccc(Cl)cc12. The Balaban J connectivity index is 1.99. The van der Waals surface area contributed by atoms with Crippen LogP contribution >= 0.6 is 34.8 Å². The van der Waals surface area contributed by atoms with E-state index < -0.39 is 0 Å². The van der Waals surface area contributed by atoms with Crippen molar-refractivity contribution in [1.82, 2.24) is 4.98 Å². The van der Waals surface area contributed by atoms with Crippen molar-refractivity contribution in [3.05, 3.63) is 63.6 Å². The maximum atomic E-state index is 6.22. The van der Waals surface area contributed by atoms with Crippen molar-refractivity contribution in [2.45, 2.75) is 0 Å². The van der Waals surface area contributed by atoms with Crippen LogP contribution in [0.5, 0.6) is 0 Å².